The topological polar surface area (TPSA) is 113 Å². The number of carbonyl (C=O) groups excluding carboxylic acids is 3. The largest absolute Gasteiger partial charge is 0.343 e. The molecule has 2 aromatic carbocycles. The number of rotatable bonds is 6. The number of hydrogen-bond acceptors (Lipinski definition) is 6. The van der Waals surface area contributed by atoms with Crippen LogP contribution in [0.4, 0.5) is 11.4 Å². The minimum atomic E-state index is -3.94. The lowest BCUT2D eigenvalue weighted by Crippen LogP contribution is -2.33. The van der Waals surface area contributed by atoms with Gasteiger partial charge in [-0.3, -0.25) is 19.1 Å². The Morgan fingerprint density at radius 3 is 2.64 bits per heavy atom. The molecule has 33 heavy (non-hydrogen) atoms. The maximum Gasteiger partial charge on any atom is 0.261 e. The van der Waals surface area contributed by atoms with Gasteiger partial charge in [-0.05, 0) is 50.1 Å². The van der Waals surface area contributed by atoms with Crippen LogP contribution in [0.5, 0.6) is 0 Å². The standard InChI is InChI=1S/C23H25N3O5S2/c1-15(27)16-5-4-6-18(11-16)25-33(30,31)19-7-8-21-20(13-19)24-23(29)17(14-32-21)12-22(28)26-9-2-3-10-26/h4-8,11,13,17,25H,2-3,9-10,12,14H2,1H3,(H,24,29). The highest BCUT2D eigenvalue weighted by Crippen LogP contribution is 2.35. The second-order valence-corrected chi connectivity index (χ2v) is 10.9. The van der Waals surface area contributed by atoms with Gasteiger partial charge in [-0.2, -0.15) is 0 Å². The molecule has 2 aliphatic rings. The molecule has 174 valence electrons. The van der Waals surface area contributed by atoms with Crippen LogP contribution in [0.15, 0.2) is 52.3 Å². The first-order valence-corrected chi connectivity index (χ1v) is 13.2. The number of likely N-dealkylation sites (tertiary alicyclic amines) is 1. The van der Waals surface area contributed by atoms with Crippen molar-refractivity contribution in [2.75, 3.05) is 28.9 Å². The van der Waals surface area contributed by atoms with E-state index in [9.17, 15) is 22.8 Å². The number of Topliss-reactive ketones (excluding diaryl/α,β-unsaturated/α-hetero) is 1. The quantitative estimate of drug-likeness (QED) is 0.604. The van der Waals surface area contributed by atoms with Gasteiger partial charge >= 0.3 is 0 Å². The molecule has 2 aliphatic heterocycles. The van der Waals surface area contributed by atoms with E-state index in [-0.39, 0.29) is 34.6 Å². The molecule has 1 fully saturated rings. The van der Waals surface area contributed by atoms with E-state index in [0.717, 1.165) is 30.8 Å². The second-order valence-electron chi connectivity index (χ2n) is 8.19. The van der Waals surface area contributed by atoms with E-state index in [1.807, 2.05) is 0 Å². The lowest BCUT2D eigenvalue weighted by molar-refractivity contribution is -0.133. The van der Waals surface area contributed by atoms with Crippen LogP contribution in [0.25, 0.3) is 0 Å². The Bertz CT molecular complexity index is 1210. The monoisotopic (exact) mass is 487 g/mol. The molecular weight excluding hydrogens is 462 g/mol. The molecule has 0 radical (unpaired) electrons. The Hall–Kier alpha value is -2.85. The predicted molar refractivity (Wildman–Crippen MR) is 127 cm³/mol. The highest BCUT2D eigenvalue weighted by atomic mass is 32.2. The van der Waals surface area contributed by atoms with Crippen LogP contribution in [-0.4, -0.2) is 49.8 Å². The fourth-order valence-electron chi connectivity index (χ4n) is 3.87. The van der Waals surface area contributed by atoms with Crippen molar-refractivity contribution in [2.24, 2.45) is 5.92 Å². The second kappa shape index (κ2) is 9.56. The molecular formula is C23H25N3O5S2. The zero-order valence-corrected chi connectivity index (χ0v) is 19.8. The first kappa shape index (κ1) is 23.3. The molecule has 0 aromatic heterocycles. The molecule has 0 aliphatic carbocycles. The van der Waals surface area contributed by atoms with Crippen LogP contribution in [0, 0.1) is 5.92 Å². The van der Waals surface area contributed by atoms with Gasteiger partial charge in [0.05, 0.1) is 16.5 Å². The van der Waals surface area contributed by atoms with Gasteiger partial charge in [0.2, 0.25) is 11.8 Å². The van der Waals surface area contributed by atoms with Gasteiger partial charge in [-0.1, -0.05) is 12.1 Å². The van der Waals surface area contributed by atoms with Gasteiger partial charge in [0.25, 0.3) is 10.0 Å². The lowest BCUT2D eigenvalue weighted by atomic mass is 10.1. The molecule has 1 atom stereocenters. The summed E-state index contributed by atoms with van der Waals surface area (Å²) in [5.74, 6) is -0.507. The highest BCUT2D eigenvalue weighted by molar-refractivity contribution is 7.99. The molecule has 1 unspecified atom stereocenters. The van der Waals surface area contributed by atoms with Gasteiger partial charge in [-0.25, -0.2) is 8.42 Å². The summed E-state index contributed by atoms with van der Waals surface area (Å²) in [7, 11) is -3.94. The summed E-state index contributed by atoms with van der Waals surface area (Å²) in [4.78, 5) is 39.4. The van der Waals surface area contributed by atoms with E-state index in [4.69, 9.17) is 0 Å². The number of nitrogens with zero attached hydrogens (tertiary/aromatic N) is 1. The lowest BCUT2D eigenvalue weighted by Gasteiger charge is -2.18. The first-order chi connectivity index (χ1) is 15.7. The number of nitrogens with one attached hydrogen (secondary N) is 2. The molecule has 0 bridgehead atoms. The fraction of sp³-hybridized carbons (Fsp3) is 0.348. The van der Waals surface area contributed by atoms with E-state index < -0.39 is 15.9 Å². The summed E-state index contributed by atoms with van der Waals surface area (Å²) in [6, 6.07) is 10.8. The Labute approximate surface area is 197 Å². The number of thioether (sulfide) groups is 1. The number of benzene rings is 2. The van der Waals surface area contributed by atoms with Crippen molar-refractivity contribution in [1.29, 1.82) is 0 Å². The van der Waals surface area contributed by atoms with Gasteiger partial charge < -0.3 is 10.2 Å². The summed E-state index contributed by atoms with van der Waals surface area (Å²) in [5, 5.41) is 2.80. The fourth-order valence-corrected chi connectivity index (χ4v) is 6.03. The Morgan fingerprint density at radius 2 is 1.91 bits per heavy atom. The third-order valence-corrected chi connectivity index (χ3v) is 8.35. The minimum absolute atomic E-state index is 0.0121. The third kappa shape index (κ3) is 5.39. The molecule has 2 N–H and O–H groups in total. The molecule has 1 saturated heterocycles. The van der Waals surface area contributed by atoms with Crippen LogP contribution in [0.3, 0.4) is 0 Å². The van der Waals surface area contributed by atoms with Crippen molar-refractivity contribution in [3.05, 3.63) is 48.0 Å². The number of amides is 2. The summed E-state index contributed by atoms with van der Waals surface area (Å²) in [6.45, 7) is 2.89. The van der Waals surface area contributed by atoms with Crippen molar-refractivity contribution in [2.45, 2.75) is 36.0 Å². The number of anilines is 2. The normalized spacial score (nSPS) is 18.3. The summed E-state index contributed by atoms with van der Waals surface area (Å²) in [6.07, 6.45) is 2.13. The average molecular weight is 488 g/mol. The summed E-state index contributed by atoms with van der Waals surface area (Å²) < 4.78 is 28.3. The molecule has 0 saturated carbocycles. The van der Waals surface area contributed by atoms with E-state index in [1.165, 1.54) is 36.9 Å². The zero-order chi connectivity index (χ0) is 23.6. The number of sulfonamides is 1. The Balaban J connectivity index is 1.50. The van der Waals surface area contributed by atoms with E-state index in [1.54, 1.807) is 29.2 Å². The van der Waals surface area contributed by atoms with Crippen LogP contribution in [-0.2, 0) is 19.6 Å². The SMILES string of the molecule is CC(=O)c1cccc(NS(=O)(=O)c2ccc3c(c2)NC(=O)C(CC(=O)N2CCCC2)CS3)c1. The van der Waals surface area contributed by atoms with Crippen LogP contribution >= 0.6 is 11.8 Å². The van der Waals surface area contributed by atoms with Crippen molar-refractivity contribution < 1.29 is 22.8 Å². The number of hydrogen-bond donors (Lipinski definition) is 2. The van der Waals surface area contributed by atoms with E-state index >= 15 is 0 Å². The van der Waals surface area contributed by atoms with E-state index in [2.05, 4.69) is 10.0 Å². The highest BCUT2D eigenvalue weighted by Gasteiger charge is 2.30. The maximum absolute atomic E-state index is 12.9. The average Bonchev–Trinajstić information content (AvgIpc) is 3.27. The molecule has 8 nitrogen and oxygen atoms in total. The molecule has 2 aromatic rings. The van der Waals surface area contributed by atoms with E-state index in [0.29, 0.717) is 17.0 Å². The van der Waals surface area contributed by atoms with Gasteiger partial charge in [0.15, 0.2) is 5.78 Å². The molecule has 10 heteroatoms. The maximum atomic E-state index is 12.9. The predicted octanol–water partition coefficient (Wildman–Crippen LogP) is 3.36. The van der Waals surface area contributed by atoms with Crippen molar-refractivity contribution in [3.63, 3.8) is 0 Å². The number of carbonyl (C=O) groups is 3. The zero-order valence-electron chi connectivity index (χ0n) is 18.2. The Kier molecular flexibility index (Phi) is 6.76. The van der Waals surface area contributed by atoms with Crippen LogP contribution in [0.2, 0.25) is 0 Å². The van der Waals surface area contributed by atoms with Gasteiger partial charge in [0.1, 0.15) is 0 Å². The molecule has 4 rings (SSSR count). The van der Waals surface area contributed by atoms with Crippen LogP contribution in [0.1, 0.15) is 36.5 Å². The first-order valence-electron chi connectivity index (χ1n) is 10.7. The van der Waals surface area contributed by atoms with Crippen molar-refractivity contribution in [3.8, 4) is 0 Å². The third-order valence-electron chi connectivity index (χ3n) is 5.73. The number of ketones is 1. The van der Waals surface area contributed by atoms with Gasteiger partial charge in [-0.15, -0.1) is 11.8 Å². The Morgan fingerprint density at radius 1 is 1.15 bits per heavy atom. The minimum Gasteiger partial charge on any atom is -0.343 e. The van der Waals surface area contributed by atoms with Crippen molar-refractivity contribution in [1.82, 2.24) is 4.90 Å². The molecule has 2 heterocycles. The van der Waals surface area contributed by atoms with Crippen LogP contribution < -0.4 is 10.0 Å². The summed E-state index contributed by atoms with van der Waals surface area (Å²) >= 11 is 1.43. The van der Waals surface area contributed by atoms with Gasteiger partial charge in [0, 0.05) is 41.4 Å². The summed E-state index contributed by atoms with van der Waals surface area (Å²) in [5.41, 5.74) is 1.08. The number of fused-ring (bicyclic) bond motifs is 1. The van der Waals surface area contributed by atoms with Crippen molar-refractivity contribution >= 4 is 50.8 Å². The molecule has 0 spiro atoms. The molecule has 2 amide bonds. The smallest absolute Gasteiger partial charge is 0.261 e.